The molecule has 2 aromatic rings. The summed E-state index contributed by atoms with van der Waals surface area (Å²) in [5, 5.41) is 10.6. The molecule has 1 aromatic heterocycles. The van der Waals surface area contributed by atoms with Crippen LogP contribution in [0, 0.1) is 0 Å². The fourth-order valence-corrected chi connectivity index (χ4v) is 1.59. The molecule has 3 nitrogen and oxygen atoms in total. The normalized spacial score (nSPS) is 10.4. The Bertz CT molecular complexity index is 510. The predicted octanol–water partition coefficient (Wildman–Crippen LogP) is 2.59. The van der Waals surface area contributed by atoms with Gasteiger partial charge in [0.2, 0.25) is 0 Å². The topological polar surface area (TPSA) is 50.2 Å². The van der Waals surface area contributed by atoms with E-state index in [1.807, 2.05) is 0 Å². The summed E-state index contributed by atoms with van der Waals surface area (Å²) in [5.74, 6) is -1.03. The molecule has 1 N–H and O–H groups in total. The number of carboxylic acid groups (broad SMARTS) is 1. The van der Waals surface area contributed by atoms with Crippen LogP contribution in [0.1, 0.15) is 10.4 Å². The lowest BCUT2D eigenvalue weighted by Gasteiger charge is -2.02. The van der Waals surface area contributed by atoms with E-state index in [-0.39, 0.29) is 10.6 Å². The molecule has 0 fully saturated rings. The molecule has 4 heteroatoms. The summed E-state index contributed by atoms with van der Waals surface area (Å²) in [4.78, 5) is 14.7. The minimum absolute atomic E-state index is 0.104. The van der Waals surface area contributed by atoms with Gasteiger partial charge in [-0.25, -0.2) is 4.79 Å². The molecular formula is C10H6ClNO2. The van der Waals surface area contributed by atoms with Crippen LogP contribution >= 0.6 is 11.6 Å². The molecule has 2 rings (SSSR count). The zero-order valence-electron chi connectivity index (χ0n) is 7.07. The van der Waals surface area contributed by atoms with E-state index in [0.717, 1.165) is 5.39 Å². The molecule has 1 aromatic carbocycles. The van der Waals surface area contributed by atoms with Gasteiger partial charge >= 0.3 is 5.97 Å². The van der Waals surface area contributed by atoms with Crippen molar-refractivity contribution in [1.29, 1.82) is 0 Å². The van der Waals surface area contributed by atoms with Gasteiger partial charge in [0.1, 0.15) is 0 Å². The number of rotatable bonds is 1. The van der Waals surface area contributed by atoms with E-state index in [1.165, 1.54) is 6.07 Å². The first kappa shape index (κ1) is 8.97. The van der Waals surface area contributed by atoms with E-state index in [4.69, 9.17) is 16.7 Å². The Balaban J connectivity index is 2.81. The van der Waals surface area contributed by atoms with Crippen LogP contribution < -0.4 is 0 Å². The quantitative estimate of drug-likeness (QED) is 0.782. The molecule has 0 unspecified atom stereocenters. The third-order valence-corrected chi connectivity index (χ3v) is 2.39. The fourth-order valence-electron chi connectivity index (χ4n) is 1.29. The van der Waals surface area contributed by atoms with Gasteiger partial charge in [0, 0.05) is 17.8 Å². The monoisotopic (exact) mass is 207 g/mol. The average molecular weight is 208 g/mol. The molecule has 1 heterocycles. The van der Waals surface area contributed by atoms with Crippen molar-refractivity contribution < 1.29 is 9.90 Å². The molecular weight excluding hydrogens is 202 g/mol. The van der Waals surface area contributed by atoms with Crippen LogP contribution in [0.5, 0.6) is 0 Å². The number of halogens is 1. The van der Waals surface area contributed by atoms with Crippen LogP contribution in [-0.4, -0.2) is 16.1 Å². The Kier molecular flexibility index (Phi) is 2.09. The van der Waals surface area contributed by atoms with E-state index < -0.39 is 5.97 Å². The van der Waals surface area contributed by atoms with Crippen molar-refractivity contribution in [3.8, 4) is 0 Å². The number of hydrogen-bond donors (Lipinski definition) is 1. The minimum Gasteiger partial charge on any atom is -0.478 e. The zero-order valence-corrected chi connectivity index (χ0v) is 7.82. The number of aromatic nitrogens is 1. The van der Waals surface area contributed by atoms with Gasteiger partial charge in [-0.05, 0) is 17.5 Å². The van der Waals surface area contributed by atoms with E-state index >= 15 is 0 Å². The predicted molar refractivity (Wildman–Crippen MR) is 53.7 cm³/mol. The summed E-state index contributed by atoms with van der Waals surface area (Å²) < 4.78 is 0. The Labute approximate surface area is 85.0 Å². The third-order valence-electron chi connectivity index (χ3n) is 1.99. The maximum absolute atomic E-state index is 10.8. The SMILES string of the molecule is O=C(O)c1ccc2ccncc2c1Cl. The highest BCUT2D eigenvalue weighted by Crippen LogP contribution is 2.26. The second-order valence-electron chi connectivity index (χ2n) is 2.83. The lowest BCUT2D eigenvalue weighted by atomic mass is 10.1. The highest BCUT2D eigenvalue weighted by molar-refractivity contribution is 6.38. The number of nitrogens with zero attached hydrogens (tertiary/aromatic N) is 1. The zero-order chi connectivity index (χ0) is 10.1. The number of hydrogen-bond acceptors (Lipinski definition) is 2. The molecule has 0 radical (unpaired) electrons. The largest absolute Gasteiger partial charge is 0.478 e. The molecule has 0 aliphatic rings. The van der Waals surface area contributed by atoms with Crippen LogP contribution in [0.25, 0.3) is 10.8 Å². The highest BCUT2D eigenvalue weighted by atomic mass is 35.5. The smallest absolute Gasteiger partial charge is 0.337 e. The van der Waals surface area contributed by atoms with E-state index in [2.05, 4.69) is 4.98 Å². The Hall–Kier alpha value is -1.61. The third kappa shape index (κ3) is 1.32. The van der Waals surface area contributed by atoms with Crippen LogP contribution in [0.15, 0.2) is 30.6 Å². The van der Waals surface area contributed by atoms with Gasteiger partial charge in [-0.1, -0.05) is 17.7 Å². The van der Waals surface area contributed by atoms with Crippen LogP contribution in [-0.2, 0) is 0 Å². The number of aromatic carboxylic acids is 1. The first-order chi connectivity index (χ1) is 6.70. The maximum Gasteiger partial charge on any atom is 0.337 e. The van der Waals surface area contributed by atoms with Crippen LogP contribution in [0.4, 0.5) is 0 Å². The fraction of sp³-hybridized carbons (Fsp3) is 0. The maximum atomic E-state index is 10.8. The summed E-state index contributed by atoms with van der Waals surface area (Å²) in [6.07, 6.45) is 3.20. The van der Waals surface area contributed by atoms with Crippen LogP contribution in [0.2, 0.25) is 5.02 Å². The molecule has 0 aliphatic heterocycles. The van der Waals surface area contributed by atoms with Crippen molar-refractivity contribution in [3.05, 3.63) is 41.2 Å². The molecule has 0 bridgehead atoms. The molecule has 0 spiro atoms. The summed E-state index contributed by atoms with van der Waals surface area (Å²) in [6.45, 7) is 0. The van der Waals surface area contributed by atoms with E-state index in [1.54, 1.807) is 24.5 Å². The number of fused-ring (bicyclic) bond motifs is 1. The molecule has 0 saturated carbocycles. The van der Waals surface area contributed by atoms with Crippen LogP contribution in [0.3, 0.4) is 0 Å². The van der Waals surface area contributed by atoms with Gasteiger partial charge in [-0.3, -0.25) is 4.98 Å². The van der Waals surface area contributed by atoms with Crippen molar-refractivity contribution in [2.45, 2.75) is 0 Å². The van der Waals surface area contributed by atoms with Crippen molar-refractivity contribution in [2.75, 3.05) is 0 Å². The molecule has 0 aliphatic carbocycles. The number of carbonyl (C=O) groups is 1. The molecule has 0 amide bonds. The average Bonchev–Trinajstić information content (AvgIpc) is 2.18. The standard InChI is InChI=1S/C10H6ClNO2/c11-9-7(10(13)14)2-1-6-3-4-12-5-8(6)9/h1-5H,(H,13,14). The molecule has 0 saturated heterocycles. The molecule has 14 heavy (non-hydrogen) atoms. The summed E-state index contributed by atoms with van der Waals surface area (Å²) in [7, 11) is 0. The van der Waals surface area contributed by atoms with Gasteiger partial charge in [0.05, 0.1) is 10.6 Å². The Morgan fingerprint density at radius 3 is 2.86 bits per heavy atom. The van der Waals surface area contributed by atoms with Gasteiger partial charge in [0.25, 0.3) is 0 Å². The van der Waals surface area contributed by atoms with Crippen molar-refractivity contribution in [1.82, 2.24) is 4.98 Å². The summed E-state index contributed by atoms with van der Waals surface area (Å²) >= 11 is 5.92. The highest BCUT2D eigenvalue weighted by Gasteiger charge is 2.10. The lowest BCUT2D eigenvalue weighted by Crippen LogP contribution is -1.97. The van der Waals surface area contributed by atoms with E-state index in [9.17, 15) is 4.79 Å². The lowest BCUT2D eigenvalue weighted by molar-refractivity contribution is 0.0697. The van der Waals surface area contributed by atoms with E-state index in [0.29, 0.717) is 5.39 Å². The van der Waals surface area contributed by atoms with Crippen molar-refractivity contribution in [3.63, 3.8) is 0 Å². The van der Waals surface area contributed by atoms with Crippen molar-refractivity contribution >= 4 is 28.3 Å². The number of carboxylic acids is 1. The summed E-state index contributed by atoms with van der Waals surface area (Å²) in [6, 6.07) is 4.99. The Morgan fingerprint density at radius 1 is 1.36 bits per heavy atom. The number of pyridine rings is 1. The van der Waals surface area contributed by atoms with Gasteiger partial charge in [0.15, 0.2) is 0 Å². The molecule has 0 atom stereocenters. The second kappa shape index (κ2) is 3.27. The van der Waals surface area contributed by atoms with Crippen molar-refractivity contribution in [2.24, 2.45) is 0 Å². The Morgan fingerprint density at radius 2 is 2.14 bits per heavy atom. The first-order valence-electron chi connectivity index (χ1n) is 3.95. The molecule has 70 valence electrons. The summed E-state index contributed by atoms with van der Waals surface area (Å²) in [5.41, 5.74) is 0.104. The first-order valence-corrected chi connectivity index (χ1v) is 4.33. The minimum atomic E-state index is -1.03. The van der Waals surface area contributed by atoms with Gasteiger partial charge < -0.3 is 5.11 Å². The number of benzene rings is 1. The second-order valence-corrected chi connectivity index (χ2v) is 3.21. The van der Waals surface area contributed by atoms with Gasteiger partial charge in [-0.2, -0.15) is 0 Å². The van der Waals surface area contributed by atoms with Gasteiger partial charge in [-0.15, -0.1) is 0 Å².